The van der Waals surface area contributed by atoms with Gasteiger partial charge in [-0.2, -0.15) is 0 Å². The number of rotatable bonds is 4. The molecule has 2 heterocycles. The maximum Gasteiger partial charge on any atom is 0.164 e. The Balaban J connectivity index is 1.11. The van der Waals surface area contributed by atoms with Gasteiger partial charge in [0.15, 0.2) is 17.5 Å². The Bertz CT molecular complexity index is 2320. The van der Waals surface area contributed by atoms with E-state index in [1.807, 2.05) is 72.0 Å². The Hall–Kier alpha value is -5.45. The molecule has 0 fully saturated rings. The maximum absolute atomic E-state index is 4.96. The molecule has 0 atom stereocenters. The molecule has 9 rings (SSSR count). The zero-order valence-corrected chi connectivity index (χ0v) is 25.3. The number of aryl methyl sites for hydroxylation is 2. The van der Waals surface area contributed by atoms with Gasteiger partial charge in [0.2, 0.25) is 0 Å². The lowest BCUT2D eigenvalue weighted by atomic mass is 9.83. The first-order valence-corrected chi connectivity index (χ1v) is 16.1. The monoisotopic (exact) mass is 593 g/mol. The number of hydrogen-bond acceptors (Lipinski definition) is 4. The van der Waals surface area contributed by atoms with Crippen LogP contribution in [0.2, 0.25) is 0 Å². The van der Waals surface area contributed by atoms with Crippen LogP contribution in [0.25, 0.3) is 76.6 Å². The van der Waals surface area contributed by atoms with Crippen molar-refractivity contribution in [2.45, 2.75) is 12.8 Å². The van der Waals surface area contributed by atoms with E-state index in [2.05, 4.69) is 78.9 Å². The molecule has 8 aromatic rings. The lowest BCUT2D eigenvalue weighted by Crippen LogP contribution is -2.05. The van der Waals surface area contributed by atoms with Gasteiger partial charge in [0.1, 0.15) is 0 Å². The zero-order valence-electron chi connectivity index (χ0n) is 24.4. The smallest absolute Gasteiger partial charge is 0.164 e. The quantitative estimate of drug-likeness (QED) is 0.204. The number of hydrogen-bond donors (Lipinski definition) is 0. The first-order chi connectivity index (χ1) is 22.3. The number of aromatic nitrogens is 3. The van der Waals surface area contributed by atoms with Gasteiger partial charge in [-0.25, -0.2) is 15.0 Å². The molecule has 1 aliphatic rings. The van der Waals surface area contributed by atoms with Crippen LogP contribution in [0.3, 0.4) is 0 Å². The molecule has 212 valence electrons. The fraction of sp³-hybridized carbons (Fsp3) is 0.0488. The second kappa shape index (κ2) is 10.6. The molecule has 6 aromatic carbocycles. The molecule has 2 aromatic heterocycles. The minimum atomic E-state index is 0.684. The second-order valence-corrected chi connectivity index (χ2v) is 12.6. The van der Waals surface area contributed by atoms with E-state index in [9.17, 15) is 0 Å². The minimum absolute atomic E-state index is 0.684. The summed E-state index contributed by atoms with van der Waals surface area (Å²) < 4.78 is 2.70. The van der Waals surface area contributed by atoms with Crippen molar-refractivity contribution in [2.24, 2.45) is 0 Å². The van der Waals surface area contributed by atoms with Crippen molar-refractivity contribution < 1.29 is 0 Å². The number of fused-ring (bicyclic) bond motifs is 6. The van der Waals surface area contributed by atoms with Crippen LogP contribution in [0.4, 0.5) is 0 Å². The van der Waals surface area contributed by atoms with Crippen LogP contribution in [0.15, 0.2) is 140 Å². The first kappa shape index (κ1) is 26.0. The van der Waals surface area contributed by atoms with Crippen molar-refractivity contribution in [3.05, 3.63) is 151 Å². The lowest BCUT2D eigenvalue weighted by Gasteiger charge is -2.21. The minimum Gasteiger partial charge on any atom is -0.208 e. The van der Waals surface area contributed by atoms with Crippen LogP contribution in [0.1, 0.15) is 11.1 Å². The number of thiophene rings is 1. The summed E-state index contributed by atoms with van der Waals surface area (Å²) in [5.74, 6) is 2.07. The molecule has 0 bridgehead atoms. The molecule has 0 N–H and O–H groups in total. The van der Waals surface area contributed by atoms with Crippen molar-refractivity contribution in [1.82, 2.24) is 15.0 Å². The highest BCUT2D eigenvalue weighted by Crippen LogP contribution is 2.42. The van der Waals surface area contributed by atoms with Gasteiger partial charge in [0.05, 0.1) is 0 Å². The Morgan fingerprint density at radius 1 is 0.400 bits per heavy atom. The molecule has 3 nitrogen and oxygen atoms in total. The molecule has 4 heteroatoms. The van der Waals surface area contributed by atoms with E-state index in [0.29, 0.717) is 17.5 Å². The predicted molar refractivity (Wildman–Crippen MR) is 187 cm³/mol. The average Bonchev–Trinajstić information content (AvgIpc) is 3.51. The van der Waals surface area contributed by atoms with Crippen molar-refractivity contribution >= 4 is 31.5 Å². The molecule has 1 aliphatic carbocycles. The summed E-state index contributed by atoms with van der Waals surface area (Å²) in [6, 6.07) is 49.5. The summed E-state index contributed by atoms with van der Waals surface area (Å²) in [4.78, 5) is 14.8. The first-order valence-electron chi connectivity index (χ1n) is 15.3. The van der Waals surface area contributed by atoms with Crippen LogP contribution < -0.4 is 0 Å². The summed E-state index contributed by atoms with van der Waals surface area (Å²) >= 11 is 1.89. The Morgan fingerprint density at radius 3 is 1.60 bits per heavy atom. The van der Waals surface area contributed by atoms with Gasteiger partial charge in [0, 0.05) is 36.9 Å². The lowest BCUT2D eigenvalue weighted by molar-refractivity contribution is 0.942. The van der Waals surface area contributed by atoms with Crippen LogP contribution in [0.5, 0.6) is 0 Å². The average molecular weight is 594 g/mol. The van der Waals surface area contributed by atoms with E-state index in [-0.39, 0.29) is 0 Å². The molecule has 45 heavy (non-hydrogen) atoms. The summed E-state index contributed by atoms with van der Waals surface area (Å²) in [5.41, 5.74) is 10.9. The third-order valence-corrected chi connectivity index (χ3v) is 10.1. The van der Waals surface area contributed by atoms with Gasteiger partial charge in [-0.15, -0.1) is 11.3 Å². The van der Waals surface area contributed by atoms with Crippen LogP contribution in [-0.2, 0) is 12.8 Å². The summed E-state index contributed by atoms with van der Waals surface area (Å²) in [6.45, 7) is 0. The molecule has 0 radical (unpaired) electrons. The predicted octanol–water partition coefficient (Wildman–Crippen LogP) is 10.7. The highest BCUT2D eigenvalue weighted by Gasteiger charge is 2.20. The van der Waals surface area contributed by atoms with Gasteiger partial charge >= 0.3 is 0 Å². The highest BCUT2D eigenvalue weighted by molar-refractivity contribution is 7.26. The van der Waals surface area contributed by atoms with E-state index < -0.39 is 0 Å². The van der Waals surface area contributed by atoms with Gasteiger partial charge in [-0.3, -0.25) is 0 Å². The maximum atomic E-state index is 4.96. The highest BCUT2D eigenvalue weighted by atomic mass is 32.1. The molecule has 0 saturated carbocycles. The molecule has 0 spiro atoms. The molecule has 0 saturated heterocycles. The molecule has 0 aliphatic heterocycles. The van der Waals surface area contributed by atoms with E-state index in [0.717, 1.165) is 29.5 Å². The summed E-state index contributed by atoms with van der Waals surface area (Å²) in [6.07, 6.45) is 1.98. The molecule has 0 unspecified atom stereocenters. The summed E-state index contributed by atoms with van der Waals surface area (Å²) in [5, 5.41) is 2.68. The van der Waals surface area contributed by atoms with E-state index >= 15 is 0 Å². The van der Waals surface area contributed by atoms with Crippen LogP contribution in [-0.4, -0.2) is 15.0 Å². The van der Waals surface area contributed by atoms with Gasteiger partial charge in [-0.05, 0) is 58.4 Å². The third kappa shape index (κ3) is 4.54. The van der Waals surface area contributed by atoms with Crippen molar-refractivity contribution in [3.63, 3.8) is 0 Å². The van der Waals surface area contributed by atoms with Crippen LogP contribution in [0, 0.1) is 0 Å². The van der Waals surface area contributed by atoms with Crippen molar-refractivity contribution in [1.29, 1.82) is 0 Å². The largest absolute Gasteiger partial charge is 0.208 e. The van der Waals surface area contributed by atoms with Gasteiger partial charge in [-0.1, -0.05) is 127 Å². The normalized spacial score (nSPS) is 12.3. The SMILES string of the molecule is c1ccc(-c2nc(-c3ccccc3)nc(-c3ccc4c(c3)CCc3cc(-c5cccc6c5sc5ccccc56)ccc3-4)n2)cc1. The fourth-order valence-corrected chi connectivity index (χ4v) is 7.85. The Kier molecular flexibility index (Phi) is 6.13. The molecular formula is C41H27N3S. The Morgan fingerprint density at radius 2 is 0.933 bits per heavy atom. The van der Waals surface area contributed by atoms with Crippen molar-refractivity contribution in [2.75, 3.05) is 0 Å². The van der Waals surface area contributed by atoms with Gasteiger partial charge < -0.3 is 0 Å². The topological polar surface area (TPSA) is 38.7 Å². The van der Waals surface area contributed by atoms with Crippen molar-refractivity contribution in [3.8, 4) is 56.4 Å². The Labute approximate surface area is 265 Å². The fourth-order valence-electron chi connectivity index (χ4n) is 6.61. The van der Waals surface area contributed by atoms with Gasteiger partial charge in [0.25, 0.3) is 0 Å². The standard InChI is InChI=1S/C41H27N3S/c1-3-10-26(11-4-1)39-42-40(27-12-5-2-6-13-27)44-41(43-39)31-21-23-33-29(25-31)19-18-28-24-30(20-22-32(28)33)34-15-9-16-36-35-14-7-8-17-37(35)45-38(34)36/h1-17,20-25H,18-19H2. The van der Waals surface area contributed by atoms with E-state index in [1.54, 1.807) is 0 Å². The molecular weight excluding hydrogens is 567 g/mol. The third-order valence-electron chi connectivity index (χ3n) is 8.84. The van der Waals surface area contributed by atoms with Crippen LogP contribution >= 0.6 is 11.3 Å². The molecule has 0 amide bonds. The zero-order chi connectivity index (χ0) is 29.7. The number of nitrogens with zero attached hydrogens (tertiary/aromatic N) is 3. The number of benzene rings is 6. The second-order valence-electron chi connectivity index (χ2n) is 11.6. The van der Waals surface area contributed by atoms with E-state index in [4.69, 9.17) is 15.0 Å². The van der Waals surface area contributed by atoms with E-state index in [1.165, 1.54) is 53.6 Å². The summed E-state index contributed by atoms with van der Waals surface area (Å²) in [7, 11) is 0.